The second-order valence-electron chi connectivity index (χ2n) is 3.58. The monoisotopic (exact) mass is 192 g/mol. The van der Waals surface area contributed by atoms with Crippen molar-refractivity contribution in [3.05, 3.63) is 23.3 Å². The SMILES string of the molecule is CCC(C(C)=O)c1nc(C)cc(C)n1. The van der Waals surface area contributed by atoms with Crippen LogP contribution in [0.4, 0.5) is 0 Å². The topological polar surface area (TPSA) is 42.9 Å². The Balaban J connectivity index is 3.10. The van der Waals surface area contributed by atoms with Crippen molar-refractivity contribution in [3.8, 4) is 0 Å². The molecule has 0 spiro atoms. The van der Waals surface area contributed by atoms with Crippen LogP contribution in [0.5, 0.6) is 0 Å². The Labute approximate surface area is 84.6 Å². The molecule has 0 aliphatic rings. The number of Topliss-reactive ketones (excluding diaryl/α,β-unsaturated/α-hetero) is 1. The van der Waals surface area contributed by atoms with Crippen LogP contribution in [0.15, 0.2) is 6.07 Å². The van der Waals surface area contributed by atoms with Gasteiger partial charge in [-0.05, 0) is 33.3 Å². The molecule has 14 heavy (non-hydrogen) atoms. The maximum absolute atomic E-state index is 11.3. The number of nitrogens with zero attached hydrogens (tertiary/aromatic N) is 2. The van der Waals surface area contributed by atoms with Gasteiger partial charge in [0.2, 0.25) is 0 Å². The summed E-state index contributed by atoms with van der Waals surface area (Å²) in [5.74, 6) is 0.656. The van der Waals surface area contributed by atoms with Gasteiger partial charge in [-0.1, -0.05) is 6.92 Å². The Morgan fingerprint density at radius 1 is 1.36 bits per heavy atom. The fraction of sp³-hybridized carbons (Fsp3) is 0.545. The third kappa shape index (κ3) is 2.37. The molecule has 0 N–H and O–H groups in total. The van der Waals surface area contributed by atoms with Crippen molar-refractivity contribution in [1.82, 2.24) is 9.97 Å². The molecular weight excluding hydrogens is 176 g/mol. The molecule has 1 aromatic rings. The van der Waals surface area contributed by atoms with Crippen LogP contribution < -0.4 is 0 Å². The third-order valence-corrected chi connectivity index (χ3v) is 2.21. The predicted molar refractivity (Wildman–Crippen MR) is 55.2 cm³/mol. The molecule has 1 rings (SSSR count). The molecule has 3 nitrogen and oxygen atoms in total. The lowest BCUT2D eigenvalue weighted by molar-refractivity contribution is -0.118. The second kappa shape index (κ2) is 4.31. The first-order valence-corrected chi connectivity index (χ1v) is 4.87. The van der Waals surface area contributed by atoms with Crippen molar-refractivity contribution < 1.29 is 4.79 Å². The highest BCUT2D eigenvalue weighted by Gasteiger charge is 2.17. The minimum absolute atomic E-state index is 0.137. The molecule has 3 heteroatoms. The van der Waals surface area contributed by atoms with E-state index < -0.39 is 0 Å². The van der Waals surface area contributed by atoms with E-state index in [1.807, 2.05) is 26.8 Å². The summed E-state index contributed by atoms with van der Waals surface area (Å²) in [6, 6.07) is 1.91. The average Bonchev–Trinajstić information content (AvgIpc) is 2.02. The number of hydrogen-bond donors (Lipinski definition) is 0. The number of carbonyl (C=O) groups is 1. The van der Waals surface area contributed by atoms with E-state index in [4.69, 9.17) is 0 Å². The Morgan fingerprint density at radius 3 is 2.21 bits per heavy atom. The van der Waals surface area contributed by atoms with Gasteiger partial charge >= 0.3 is 0 Å². The van der Waals surface area contributed by atoms with E-state index in [9.17, 15) is 4.79 Å². The largest absolute Gasteiger partial charge is 0.299 e. The van der Waals surface area contributed by atoms with Crippen molar-refractivity contribution in [2.75, 3.05) is 0 Å². The Morgan fingerprint density at radius 2 is 1.86 bits per heavy atom. The molecule has 0 aliphatic heterocycles. The molecule has 0 amide bonds. The summed E-state index contributed by atoms with van der Waals surface area (Å²) in [6.07, 6.45) is 0.762. The zero-order valence-corrected chi connectivity index (χ0v) is 9.16. The first-order valence-electron chi connectivity index (χ1n) is 4.87. The van der Waals surface area contributed by atoms with E-state index in [0.29, 0.717) is 5.82 Å². The lowest BCUT2D eigenvalue weighted by atomic mass is 10.0. The summed E-state index contributed by atoms with van der Waals surface area (Å²) >= 11 is 0. The molecule has 0 radical (unpaired) electrons. The predicted octanol–water partition coefficient (Wildman–Crippen LogP) is 2.18. The summed E-state index contributed by atoms with van der Waals surface area (Å²) in [7, 11) is 0. The second-order valence-corrected chi connectivity index (χ2v) is 3.58. The van der Waals surface area contributed by atoms with Crippen molar-refractivity contribution >= 4 is 5.78 Å². The van der Waals surface area contributed by atoms with Crippen LogP contribution in [-0.2, 0) is 4.79 Å². The molecule has 0 saturated heterocycles. The number of hydrogen-bond acceptors (Lipinski definition) is 3. The molecule has 0 bridgehead atoms. The van der Waals surface area contributed by atoms with E-state index in [1.165, 1.54) is 0 Å². The smallest absolute Gasteiger partial charge is 0.140 e. The van der Waals surface area contributed by atoms with Crippen molar-refractivity contribution in [3.63, 3.8) is 0 Å². The van der Waals surface area contributed by atoms with E-state index in [0.717, 1.165) is 17.8 Å². The third-order valence-electron chi connectivity index (χ3n) is 2.21. The number of aromatic nitrogens is 2. The van der Waals surface area contributed by atoms with Gasteiger partial charge in [0.25, 0.3) is 0 Å². The van der Waals surface area contributed by atoms with Gasteiger partial charge in [0.15, 0.2) is 0 Å². The van der Waals surface area contributed by atoms with E-state index in [-0.39, 0.29) is 11.7 Å². The normalized spacial score (nSPS) is 12.6. The van der Waals surface area contributed by atoms with E-state index in [2.05, 4.69) is 9.97 Å². The highest BCUT2D eigenvalue weighted by molar-refractivity contribution is 5.82. The number of rotatable bonds is 3. The summed E-state index contributed by atoms with van der Waals surface area (Å²) in [5, 5.41) is 0. The molecule has 0 saturated carbocycles. The van der Waals surface area contributed by atoms with Gasteiger partial charge in [-0.2, -0.15) is 0 Å². The Bertz CT molecular complexity index is 327. The molecule has 0 aromatic carbocycles. The van der Waals surface area contributed by atoms with Gasteiger partial charge < -0.3 is 0 Å². The van der Waals surface area contributed by atoms with Crippen LogP contribution in [0.3, 0.4) is 0 Å². The van der Waals surface area contributed by atoms with Crippen LogP contribution in [-0.4, -0.2) is 15.8 Å². The molecule has 1 unspecified atom stereocenters. The minimum Gasteiger partial charge on any atom is -0.299 e. The number of ketones is 1. The van der Waals surface area contributed by atoms with Crippen LogP contribution in [0.2, 0.25) is 0 Å². The average molecular weight is 192 g/mol. The minimum atomic E-state index is -0.145. The quantitative estimate of drug-likeness (QED) is 0.737. The first kappa shape index (κ1) is 10.8. The van der Waals surface area contributed by atoms with Gasteiger partial charge in [0, 0.05) is 11.4 Å². The van der Waals surface area contributed by atoms with Gasteiger partial charge in [-0.3, -0.25) is 4.79 Å². The molecule has 0 fully saturated rings. The van der Waals surface area contributed by atoms with Crippen molar-refractivity contribution in [1.29, 1.82) is 0 Å². The molecule has 1 atom stereocenters. The van der Waals surface area contributed by atoms with Crippen LogP contribution in [0.25, 0.3) is 0 Å². The van der Waals surface area contributed by atoms with Crippen molar-refractivity contribution in [2.24, 2.45) is 0 Å². The maximum atomic E-state index is 11.3. The summed E-state index contributed by atoms with van der Waals surface area (Å²) < 4.78 is 0. The van der Waals surface area contributed by atoms with E-state index >= 15 is 0 Å². The van der Waals surface area contributed by atoms with Crippen LogP contribution >= 0.6 is 0 Å². The highest BCUT2D eigenvalue weighted by atomic mass is 16.1. The zero-order valence-electron chi connectivity index (χ0n) is 9.16. The summed E-state index contributed by atoms with van der Waals surface area (Å²) in [5.41, 5.74) is 1.85. The molecule has 1 heterocycles. The maximum Gasteiger partial charge on any atom is 0.140 e. The van der Waals surface area contributed by atoms with Gasteiger partial charge in [0.1, 0.15) is 11.6 Å². The molecule has 0 aliphatic carbocycles. The zero-order chi connectivity index (χ0) is 10.7. The Hall–Kier alpha value is -1.25. The summed E-state index contributed by atoms with van der Waals surface area (Å²) in [4.78, 5) is 19.9. The van der Waals surface area contributed by atoms with Gasteiger partial charge in [-0.25, -0.2) is 9.97 Å². The highest BCUT2D eigenvalue weighted by Crippen LogP contribution is 2.17. The van der Waals surface area contributed by atoms with Crippen LogP contribution in [0.1, 0.15) is 43.4 Å². The number of carbonyl (C=O) groups excluding carboxylic acids is 1. The molecular formula is C11H16N2O. The molecule has 1 aromatic heterocycles. The fourth-order valence-corrected chi connectivity index (χ4v) is 1.56. The van der Waals surface area contributed by atoms with Gasteiger partial charge in [-0.15, -0.1) is 0 Å². The number of aryl methyl sites for hydroxylation is 2. The van der Waals surface area contributed by atoms with Crippen molar-refractivity contribution in [2.45, 2.75) is 40.0 Å². The Kier molecular flexibility index (Phi) is 3.33. The lowest BCUT2D eigenvalue weighted by Gasteiger charge is -2.10. The van der Waals surface area contributed by atoms with Crippen LogP contribution in [0, 0.1) is 13.8 Å². The standard InChI is InChI=1S/C11H16N2O/c1-5-10(9(4)14)11-12-7(2)6-8(3)13-11/h6,10H,5H2,1-4H3. The lowest BCUT2D eigenvalue weighted by Crippen LogP contribution is -2.12. The summed E-state index contributed by atoms with van der Waals surface area (Å²) in [6.45, 7) is 7.42. The molecule has 76 valence electrons. The fourth-order valence-electron chi connectivity index (χ4n) is 1.56. The van der Waals surface area contributed by atoms with Gasteiger partial charge in [0.05, 0.1) is 5.92 Å². The van der Waals surface area contributed by atoms with E-state index in [1.54, 1.807) is 6.92 Å². The first-order chi connectivity index (χ1) is 6.54.